The fourth-order valence-electron chi connectivity index (χ4n) is 7.27. The lowest BCUT2D eigenvalue weighted by Gasteiger charge is -2.30. The molecule has 0 fully saturated rings. The third-order valence-corrected chi connectivity index (χ3v) is 18.7. The van der Waals surface area contributed by atoms with Gasteiger partial charge in [-0.2, -0.15) is 0 Å². The third-order valence-electron chi connectivity index (χ3n) is 9.53. The molecule has 1 unspecified atom stereocenters. The van der Waals surface area contributed by atoms with Gasteiger partial charge in [-0.05, 0) is 77.7 Å². The topological polar surface area (TPSA) is 34.1 Å². The molecule has 3 aliphatic rings. The van der Waals surface area contributed by atoms with Gasteiger partial charge in [0.25, 0.3) is 0 Å². The predicted molar refractivity (Wildman–Crippen MR) is 199 cm³/mol. The van der Waals surface area contributed by atoms with Crippen molar-refractivity contribution in [3.05, 3.63) is 155 Å². The lowest BCUT2D eigenvalue weighted by Crippen LogP contribution is -2.31. The average molecular weight is 671 g/mol. The number of hydrogen-bond acceptors (Lipinski definition) is 4. The molecule has 8 rings (SSSR count). The van der Waals surface area contributed by atoms with E-state index in [0.29, 0.717) is 0 Å². The van der Waals surface area contributed by atoms with Gasteiger partial charge >= 0.3 is 0 Å². The minimum absolute atomic E-state index is 0.394. The molecule has 226 valence electrons. The van der Waals surface area contributed by atoms with Gasteiger partial charge in [-0.25, -0.2) is 0 Å². The molecule has 5 aromatic rings. The molecule has 2 heterocycles. The molecule has 0 N–H and O–H groups in total. The summed E-state index contributed by atoms with van der Waals surface area (Å²) in [5, 5.41) is 5.19. The summed E-state index contributed by atoms with van der Waals surface area (Å²) in [6, 6.07) is 37.1. The third kappa shape index (κ3) is 4.07. The van der Waals surface area contributed by atoms with Gasteiger partial charge in [0, 0.05) is 56.8 Å². The number of rotatable bonds is 4. The first-order valence-electron chi connectivity index (χ1n) is 15.4. The van der Waals surface area contributed by atoms with E-state index in [1.54, 1.807) is 23.5 Å². The summed E-state index contributed by atoms with van der Waals surface area (Å²) in [6.07, 6.45) is 5.80. The number of allylic oxidation sites excluding steroid dienone is 4. The molecule has 0 radical (unpaired) electrons. The molecule has 0 saturated carbocycles. The summed E-state index contributed by atoms with van der Waals surface area (Å²) < 4.78 is 31.0. The molecule has 1 atom stereocenters. The molecular formula is C40H32O2P2S2. The van der Waals surface area contributed by atoms with Crippen LogP contribution in [0.1, 0.15) is 31.9 Å². The molecule has 0 aromatic heterocycles. The lowest BCUT2D eigenvalue weighted by atomic mass is 9.82. The zero-order valence-electron chi connectivity index (χ0n) is 25.9. The molecule has 2 aliphatic heterocycles. The highest BCUT2D eigenvalue weighted by molar-refractivity contribution is 8.05. The summed E-state index contributed by atoms with van der Waals surface area (Å²) in [4.78, 5) is 4.05. The highest BCUT2D eigenvalue weighted by Crippen LogP contribution is 2.62. The van der Waals surface area contributed by atoms with E-state index in [1.165, 1.54) is 0 Å². The molecule has 5 aromatic carbocycles. The first-order chi connectivity index (χ1) is 22.2. The minimum Gasteiger partial charge on any atom is -0.309 e. The molecule has 2 nitrogen and oxygen atoms in total. The Hall–Kier alpha value is -3.52. The number of hydrogen-bond donors (Lipinski definition) is 0. The second kappa shape index (κ2) is 10.8. The maximum absolute atomic E-state index is 15.6. The van der Waals surface area contributed by atoms with E-state index in [1.807, 2.05) is 79.7 Å². The van der Waals surface area contributed by atoms with Crippen LogP contribution < -0.4 is 26.5 Å². The van der Waals surface area contributed by atoms with E-state index in [0.717, 1.165) is 73.7 Å². The van der Waals surface area contributed by atoms with Crippen molar-refractivity contribution in [3.8, 4) is 11.1 Å². The first-order valence-corrected chi connectivity index (χ1v) is 20.4. The largest absolute Gasteiger partial charge is 0.309 e. The molecule has 0 bridgehead atoms. The standard InChI is InChI=1S/C40H32O2P2S2/c1-5-13-32-36(6-2)45-37-17-10-7-14-33(37)43(32,41)26-20-22-28-29-23-21-27(25-31(29)40(3,4)30(28)24-26)44(42)34-15-8-11-18-38(34)46-39-19-12-9-16-35(39)44/h5-25H,2H2,1,3-4H3/b13-5-. The van der Waals surface area contributed by atoms with Gasteiger partial charge in [0.15, 0.2) is 14.3 Å². The Bertz CT molecular complexity index is 2250. The van der Waals surface area contributed by atoms with Crippen LogP contribution >= 0.6 is 37.8 Å². The predicted octanol–water partition coefficient (Wildman–Crippen LogP) is 9.49. The van der Waals surface area contributed by atoms with Crippen molar-refractivity contribution in [2.45, 2.75) is 40.9 Å². The second-order valence-corrected chi connectivity index (χ2v) is 19.9. The van der Waals surface area contributed by atoms with Crippen LogP contribution in [0.2, 0.25) is 0 Å². The molecule has 0 saturated heterocycles. The summed E-state index contributed by atoms with van der Waals surface area (Å²) in [7, 11) is -6.33. The van der Waals surface area contributed by atoms with Crippen LogP contribution in [0.3, 0.4) is 0 Å². The minimum atomic E-state index is -3.20. The van der Waals surface area contributed by atoms with Gasteiger partial charge in [0.05, 0.1) is 0 Å². The molecule has 0 spiro atoms. The Morgan fingerprint density at radius 2 is 1.09 bits per heavy atom. The highest BCUT2D eigenvalue weighted by atomic mass is 32.2. The SMILES string of the molecule is C=CC1=C(/C=C\C)P(=O)(c2ccc3c(c2)C(C)(C)c2cc(P4(=O)c5ccccc5Sc5ccccc54)ccc2-3)c2ccccc2S1. The monoisotopic (exact) mass is 670 g/mol. The van der Waals surface area contributed by atoms with Gasteiger partial charge in [0.1, 0.15) is 0 Å². The van der Waals surface area contributed by atoms with Crippen molar-refractivity contribution in [1.29, 1.82) is 0 Å². The number of thioether (sulfide) groups is 1. The van der Waals surface area contributed by atoms with Crippen LogP contribution in [0.15, 0.2) is 159 Å². The Balaban J connectivity index is 1.31. The van der Waals surface area contributed by atoms with Crippen molar-refractivity contribution in [2.75, 3.05) is 0 Å². The Morgan fingerprint density at radius 1 is 0.630 bits per heavy atom. The Morgan fingerprint density at radius 3 is 1.59 bits per heavy atom. The summed E-state index contributed by atoms with van der Waals surface area (Å²) in [5.74, 6) is 0. The van der Waals surface area contributed by atoms with Crippen molar-refractivity contribution in [3.63, 3.8) is 0 Å². The zero-order valence-corrected chi connectivity index (χ0v) is 29.3. The van der Waals surface area contributed by atoms with Gasteiger partial charge in [-0.3, -0.25) is 0 Å². The smallest absolute Gasteiger partial charge is 0.173 e. The maximum atomic E-state index is 15.6. The lowest BCUT2D eigenvalue weighted by molar-refractivity contribution is 0.590. The summed E-state index contributed by atoms with van der Waals surface area (Å²) in [5.41, 5.74) is 4.17. The Labute approximate surface area is 279 Å². The van der Waals surface area contributed by atoms with Crippen molar-refractivity contribution in [2.24, 2.45) is 0 Å². The first kappa shape index (κ1) is 29.9. The molecule has 6 heteroatoms. The van der Waals surface area contributed by atoms with Crippen LogP contribution in [-0.2, 0) is 14.5 Å². The van der Waals surface area contributed by atoms with Crippen LogP contribution in [0, 0.1) is 0 Å². The van der Waals surface area contributed by atoms with Gasteiger partial charge in [0.2, 0.25) is 0 Å². The van der Waals surface area contributed by atoms with Crippen LogP contribution in [-0.4, -0.2) is 0 Å². The fourth-order valence-corrected chi connectivity index (χ4v) is 16.7. The molecule has 1 aliphatic carbocycles. The maximum Gasteiger partial charge on any atom is 0.173 e. The van der Waals surface area contributed by atoms with Crippen LogP contribution in [0.5, 0.6) is 0 Å². The van der Waals surface area contributed by atoms with E-state index < -0.39 is 19.7 Å². The molecular weight excluding hydrogens is 639 g/mol. The van der Waals surface area contributed by atoms with E-state index >= 15 is 9.13 Å². The summed E-state index contributed by atoms with van der Waals surface area (Å²) in [6.45, 7) is 10.5. The van der Waals surface area contributed by atoms with E-state index in [-0.39, 0.29) is 0 Å². The summed E-state index contributed by atoms with van der Waals surface area (Å²) >= 11 is 3.33. The van der Waals surface area contributed by atoms with E-state index in [4.69, 9.17) is 0 Å². The van der Waals surface area contributed by atoms with Gasteiger partial charge in [-0.15, -0.1) is 0 Å². The fraction of sp³-hybridized carbons (Fsp3) is 0.100. The van der Waals surface area contributed by atoms with E-state index in [9.17, 15) is 0 Å². The van der Waals surface area contributed by atoms with Crippen molar-refractivity contribution in [1.82, 2.24) is 0 Å². The number of benzene rings is 5. The Kier molecular flexibility index (Phi) is 6.98. The van der Waals surface area contributed by atoms with Crippen molar-refractivity contribution < 1.29 is 9.13 Å². The second-order valence-electron chi connectivity index (χ2n) is 12.4. The van der Waals surface area contributed by atoms with Crippen LogP contribution in [0.4, 0.5) is 0 Å². The zero-order chi connectivity index (χ0) is 31.8. The quantitative estimate of drug-likeness (QED) is 0.175. The van der Waals surface area contributed by atoms with Gasteiger partial charge < -0.3 is 9.13 Å². The van der Waals surface area contributed by atoms with Gasteiger partial charge in [-0.1, -0.05) is 123 Å². The average Bonchev–Trinajstić information content (AvgIpc) is 3.31. The van der Waals surface area contributed by atoms with Crippen molar-refractivity contribution >= 4 is 64.3 Å². The van der Waals surface area contributed by atoms with Crippen LogP contribution in [0.25, 0.3) is 11.1 Å². The molecule has 0 amide bonds. The number of fused-ring (bicyclic) bond motifs is 6. The highest BCUT2D eigenvalue weighted by Gasteiger charge is 2.43. The normalized spacial score (nSPS) is 20.0. The molecule has 46 heavy (non-hydrogen) atoms. The van der Waals surface area contributed by atoms with E-state index in [2.05, 4.69) is 75.0 Å².